The lowest BCUT2D eigenvalue weighted by atomic mass is 10.0. The van der Waals surface area contributed by atoms with Crippen LogP contribution in [-0.4, -0.2) is 120 Å². The van der Waals surface area contributed by atoms with E-state index >= 15 is 0 Å². The summed E-state index contributed by atoms with van der Waals surface area (Å²) < 4.78 is 21.2. The number of anilines is 1. The Morgan fingerprint density at radius 1 is 0.647 bits per heavy atom. The number of hydrogen-bond acceptors (Lipinski definition) is 11. The fourth-order valence-corrected chi connectivity index (χ4v) is 10.3. The van der Waals surface area contributed by atoms with E-state index in [0.717, 1.165) is 62.9 Å². The Bertz CT molecular complexity index is 2510. The van der Waals surface area contributed by atoms with Crippen molar-refractivity contribution < 1.29 is 38.1 Å². The number of aromatic amines is 2. The average Bonchev–Trinajstić information content (AvgIpc) is 4.19. The van der Waals surface area contributed by atoms with Gasteiger partial charge in [-0.3, -0.25) is 9.59 Å². The van der Waals surface area contributed by atoms with E-state index in [2.05, 4.69) is 80.6 Å². The monoisotopic (exact) mass is 931 g/mol. The minimum Gasteiger partial charge on any atom is -0.453 e. The highest BCUT2D eigenvalue weighted by Crippen LogP contribution is 2.48. The molecular weight excluding hydrogens is 867 g/mol. The molecule has 3 aliphatic rings. The predicted octanol–water partition coefficient (Wildman–Crippen LogP) is 7.89. The molecule has 4 amide bonds. The Labute approximate surface area is 397 Å². The number of amides is 4. The van der Waals surface area contributed by atoms with E-state index in [1.807, 2.05) is 46.8 Å². The third kappa shape index (κ3) is 9.50. The minimum atomic E-state index is -0.781. The predicted molar refractivity (Wildman–Crippen MR) is 259 cm³/mol. The molecule has 68 heavy (non-hydrogen) atoms. The number of ether oxygens (including phenoxy) is 4. The molecule has 2 aromatic heterocycles. The molecule has 0 radical (unpaired) electrons. The van der Waals surface area contributed by atoms with Crippen LogP contribution in [-0.2, 0) is 28.5 Å². The first kappa shape index (κ1) is 48.0. The Hall–Kier alpha value is -6.46. The van der Waals surface area contributed by atoms with E-state index in [4.69, 9.17) is 28.9 Å². The van der Waals surface area contributed by atoms with Crippen LogP contribution in [0.4, 0.5) is 15.3 Å². The number of methoxy groups -OCH3 is 4. The van der Waals surface area contributed by atoms with E-state index in [9.17, 15) is 19.2 Å². The maximum atomic E-state index is 14.1. The molecule has 3 saturated heterocycles. The lowest BCUT2D eigenvalue weighted by Crippen LogP contribution is -2.51. The molecule has 8 rings (SSSR count). The number of carbonyl (C=O) groups excluding carboxylic acids is 4. The second kappa shape index (κ2) is 20.0. The Balaban J connectivity index is 1.10. The first-order valence-electron chi connectivity index (χ1n) is 23.5. The van der Waals surface area contributed by atoms with E-state index in [1.165, 1.54) is 14.2 Å². The molecule has 362 valence electrons. The first-order chi connectivity index (χ1) is 32.6. The third-order valence-corrected chi connectivity index (χ3v) is 14.0. The summed E-state index contributed by atoms with van der Waals surface area (Å²) in [7, 11) is 5.86. The number of hydrogen-bond donors (Lipinski definition) is 4. The largest absolute Gasteiger partial charge is 0.453 e. The molecule has 3 aromatic carbocycles. The Morgan fingerprint density at radius 2 is 1.07 bits per heavy atom. The molecule has 0 bridgehead atoms. The smallest absolute Gasteiger partial charge is 0.407 e. The number of imidazole rings is 2. The SMILES string of the molecule is C=C(C)c1ccc(N2[C@@H](c3ccc4nc([C@@H]5C[C@H](OC)CN5C(=O)[C@@H](NC(=O)OC)C(C)C)[nH]c4c3)CC[C@@H]2c2ccc3nc([C@@H]4C[C@H](OC)CN4C(=O)[C@@H](NC(=O)OC)C(C)C)[nH]c3c2)cc1. The third-order valence-electron chi connectivity index (χ3n) is 14.0. The van der Waals surface area contributed by atoms with Crippen LogP contribution in [0.2, 0.25) is 0 Å². The van der Waals surface area contributed by atoms with Crippen LogP contribution in [0.25, 0.3) is 27.6 Å². The van der Waals surface area contributed by atoms with Gasteiger partial charge in [-0.2, -0.15) is 0 Å². The summed E-state index contributed by atoms with van der Waals surface area (Å²) in [6.45, 7) is 14.5. The summed E-state index contributed by atoms with van der Waals surface area (Å²) in [5, 5.41) is 5.46. The molecule has 17 heteroatoms. The van der Waals surface area contributed by atoms with Crippen LogP contribution in [0.1, 0.15) is 113 Å². The quantitative estimate of drug-likeness (QED) is 0.0845. The summed E-state index contributed by atoms with van der Waals surface area (Å²) in [6, 6.07) is 19.0. The standard InChI is InChI=1S/C51H65N9O8/c1-27(2)30-11-15-33(16-12-30)60-40(31-13-17-36-38(21-31)54-46(52-36)42-23-34(65-7)25-58(42)48(61)44(28(3)4)56-50(63)67-9)19-20-41(60)32-14-18-37-39(22-32)55-47(53-37)43-24-35(66-8)26-59(43)49(62)45(29(5)6)57-51(64)68-10/h11-18,21-22,28-29,34-35,40-45H,1,19-20,23-26H2,2-10H3,(H,52,54)(H,53,55)(H,56,63)(H,57,64)/t34-,35-,40+,41+,42-,43-,44-,45-/m0/s1. The van der Waals surface area contributed by atoms with Crippen molar-refractivity contribution in [1.82, 2.24) is 40.4 Å². The maximum Gasteiger partial charge on any atom is 0.407 e. The van der Waals surface area contributed by atoms with E-state index < -0.39 is 24.3 Å². The highest BCUT2D eigenvalue weighted by atomic mass is 16.5. The summed E-state index contributed by atoms with van der Waals surface area (Å²) in [5.41, 5.74) is 8.70. The Morgan fingerprint density at radius 3 is 1.44 bits per heavy atom. The van der Waals surface area contributed by atoms with E-state index in [0.29, 0.717) is 37.6 Å². The number of alkyl carbamates (subject to hydrolysis) is 2. The van der Waals surface area contributed by atoms with Crippen molar-refractivity contribution in [2.75, 3.05) is 46.4 Å². The second-order valence-corrected chi connectivity index (χ2v) is 19.1. The molecule has 4 N–H and O–H groups in total. The van der Waals surface area contributed by atoms with Gasteiger partial charge in [-0.1, -0.05) is 64.1 Å². The van der Waals surface area contributed by atoms with Crippen molar-refractivity contribution in [2.45, 2.75) is 109 Å². The van der Waals surface area contributed by atoms with Gasteiger partial charge in [0.05, 0.1) is 72.7 Å². The zero-order chi connectivity index (χ0) is 48.6. The zero-order valence-corrected chi connectivity index (χ0v) is 40.5. The summed E-state index contributed by atoms with van der Waals surface area (Å²) in [4.78, 5) is 75.9. The van der Waals surface area contributed by atoms with Gasteiger partial charge in [0, 0.05) is 45.8 Å². The van der Waals surface area contributed by atoms with Crippen LogP contribution < -0.4 is 15.5 Å². The fourth-order valence-electron chi connectivity index (χ4n) is 10.3. The van der Waals surface area contributed by atoms with Gasteiger partial charge in [0.2, 0.25) is 11.8 Å². The summed E-state index contributed by atoms with van der Waals surface area (Å²) >= 11 is 0. The van der Waals surface area contributed by atoms with Crippen LogP contribution >= 0.6 is 0 Å². The normalized spacial score (nSPS) is 22.6. The summed E-state index contributed by atoms with van der Waals surface area (Å²) in [5.74, 6) is 0.534. The molecule has 0 spiro atoms. The summed E-state index contributed by atoms with van der Waals surface area (Å²) in [6.07, 6.45) is 1.15. The molecule has 0 saturated carbocycles. The molecule has 5 heterocycles. The van der Waals surface area contributed by atoms with Gasteiger partial charge < -0.3 is 54.2 Å². The van der Waals surface area contributed by atoms with Gasteiger partial charge >= 0.3 is 12.2 Å². The van der Waals surface area contributed by atoms with Crippen LogP contribution in [0.3, 0.4) is 0 Å². The van der Waals surface area contributed by atoms with Crippen molar-refractivity contribution in [3.8, 4) is 0 Å². The lowest BCUT2D eigenvalue weighted by Gasteiger charge is -2.33. The van der Waals surface area contributed by atoms with Gasteiger partial charge in [0.25, 0.3) is 0 Å². The average molecular weight is 932 g/mol. The topological polar surface area (TPSA) is 196 Å². The van der Waals surface area contributed by atoms with Crippen LogP contribution in [0, 0.1) is 11.8 Å². The number of benzene rings is 3. The number of fused-ring (bicyclic) bond motifs is 2. The zero-order valence-electron chi connectivity index (χ0n) is 40.5. The molecule has 0 unspecified atom stereocenters. The highest BCUT2D eigenvalue weighted by Gasteiger charge is 2.44. The number of nitrogens with zero attached hydrogens (tertiary/aromatic N) is 5. The first-order valence-corrected chi connectivity index (χ1v) is 23.5. The Kier molecular flexibility index (Phi) is 14.1. The number of H-pyrrole nitrogens is 2. The molecule has 17 nitrogen and oxygen atoms in total. The van der Waals surface area contributed by atoms with Gasteiger partial charge in [-0.25, -0.2) is 19.6 Å². The van der Waals surface area contributed by atoms with Crippen molar-refractivity contribution >= 4 is 57.3 Å². The molecule has 0 aliphatic carbocycles. The number of likely N-dealkylation sites (tertiary alicyclic amines) is 2. The molecular formula is C51H65N9O8. The number of carbonyl (C=O) groups is 4. The molecule has 3 aliphatic heterocycles. The molecule has 8 atom stereocenters. The highest BCUT2D eigenvalue weighted by molar-refractivity contribution is 5.88. The van der Waals surface area contributed by atoms with Gasteiger partial charge in [0.15, 0.2) is 0 Å². The van der Waals surface area contributed by atoms with Crippen molar-refractivity contribution in [2.24, 2.45) is 11.8 Å². The van der Waals surface area contributed by atoms with Crippen molar-refractivity contribution in [1.29, 1.82) is 0 Å². The molecule has 5 aromatic rings. The second-order valence-electron chi connectivity index (χ2n) is 19.1. The lowest BCUT2D eigenvalue weighted by molar-refractivity contribution is -0.136. The van der Waals surface area contributed by atoms with Gasteiger partial charge in [-0.05, 0) is 84.7 Å². The number of rotatable bonds is 14. The van der Waals surface area contributed by atoms with Gasteiger partial charge in [-0.15, -0.1) is 0 Å². The van der Waals surface area contributed by atoms with Crippen molar-refractivity contribution in [3.63, 3.8) is 0 Å². The minimum absolute atomic E-state index is 0.00927. The maximum absolute atomic E-state index is 14.1. The number of aromatic nitrogens is 4. The number of allylic oxidation sites excluding steroid dienone is 1. The van der Waals surface area contributed by atoms with Crippen LogP contribution in [0.5, 0.6) is 0 Å². The molecule has 3 fully saturated rings. The van der Waals surface area contributed by atoms with Crippen LogP contribution in [0.15, 0.2) is 67.2 Å². The van der Waals surface area contributed by atoms with E-state index in [-0.39, 0.29) is 60.0 Å². The fraction of sp³-hybridized carbons (Fsp3) is 0.490. The van der Waals surface area contributed by atoms with Crippen molar-refractivity contribution in [3.05, 3.63) is 95.6 Å². The van der Waals surface area contributed by atoms with E-state index in [1.54, 1.807) is 24.0 Å². The number of nitrogens with one attached hydrogen (secondary N) is 4. The van der Waals surface area contributed by atoms with Gasteiger partial charge in [0.1, 0.15) is 23.7 Å².